The summed E-state index contributed by atoms with van der Waals surface area (Å²) < 4.78 is 0. The van der Waals surface area contributed by atoms with Crippen LogP contribution in [0, 0.1) is 5.92 Å². The topological polar surface area (TPSA) is 29.3 Å². The van der Waals surface area contributed by atoms with Crippen molar-refractivity contribution in [2.24, 2.45) is 11.7 Å². The van der Waals surface area contributed by atoms with E-state index in [0.29, 0.717) is 6.04 Å². The third-order valence-electron chi connectivity index (χ3n) is 3.22. The van der Waals surface area contributed by atoms with Crippen LogP contribution in [0.2, 0.25) is 0 Å². The zero-order chi connectivity index (χ0) is 10.4. The van der Waals surface area contributed by atoms with Gasteiger partial charge in [-0.2, -0.15) is 0 Å². The second kappa shape index (κ2) is 6.41. The van der Waals surface area contributed by atoms with Crippen LogP contribution in [0.5, 0.6) is 0 Å². The monoisotopic (exact) mass is 198 g/mol. The Morgan fingerprint density at radius 1 is 1.36 bits per heavy atom. The molecule has 2 nitrogen and oxygen atoms in total. The maximum absolute atomic E-state index is 6.04. The van der Waals surface area contributed by atoms with E-state index in [1.54, 1.807) is 0 Å². The first-order chi connectivity index (χ1) is 6.76. The van der Waals surface area contributed by atoms with Crippen LogP contribution in [-0.4, -0.2) is 30.6 Å². The molecule has 1 fully saturated rings. The van der Waals surface area contributed by atoms with Crippen molar-refractivity contribution in [1.29, 1.82) is 0 Å². The molecule has 1 aliphatic rings. The van der Waals surface area contributed by atoms with E-state index in [4.69, 9.17) is 5.73 Å². The lowest BCUT2D eigenvalue weighted by atomic mass is 10.0. The van der Waals surface area contributed by atoms with Crippen molar-refractivity contribution in [2.75, 3.05) is 19.6 Å². The molecule has 0 amide bonds. The average Bonchev–Trinajstić information content (AvgIpc) is 2.53. The highest BCUT2D eigenvalue weighted by Gasteiger charge is 2.22. The molecule has 1 heterocycles. The normalized spacial score (nSPS) is 25.5. The molecular formula is C12H26N2. The lowest BCUT2D eigenvalue weighted by Gasteiger charge is -2.20. The van der Waals surface area contributed by atoms with Gasteiger partial charge in [0.05, 0.1) is 0 Å². The lowest BCUT2D eigenvalue weighted by molar-refractivity contribution is 0.293. The SMILES string of the molecule is CCCC(N)CN1CCC(CCC)C1. The van der Waals surface area contributed by atoms with Crippen molar-refractivity contribution in [3.8, 4) is 0 Å². The van der Waals surface area contributed by atoms with E-state index >= 15 is 0 Å². The molecular weight excluding hydrogens is 172 g/mol. The van der Waals surface area contributed by atoms with Gasteiger partial charge in [-0.05, 0) is 31.7 Å². The minimum absolute atomic E-state index is 0.403. The van der Waals surface area contributed by atoms with Gasteiger partial charge in [-0.1, -0.05) is 26.7 Å². The summed E-state index contributed by atoms with van der Waals surface area (Å²) in [7, 11) is 0. The molecule has 1 rings (SSSR count). The Bertz CT molecular complexity index is 147. The number of nitrogens with zero attached hydrogens (tertiary/aromatic N) is 1. The predicted octanol–water partition coefficient (Wildman–Crippen LogP) is 2.24. The van der Waals surface area contributed by atoms with E-state index in [1.165, 1.54) is 45.2 Å². The van der Waals surface area contributed by atoms with E-state index in [1.807, 2.05) is 0 Å². The van der Waals surface area contributed by atoms with Crippen LogP contribution in [0.4, 0.5) is 0 Å². The van der Waals surface area contributed by atoms with Crippen molar-refractivity contribution in [3.05, 3.63) is 0 Å². The third-order valence-corrected chi connectivity index (χ3v) is 3.22. The summed E-state index contributed by atoms with van der Waals surface area (Å²) in [5.41, 5.74) is 6.04. The first kappa shape index (κ1) is 12.0. The molecule has 2 unspecified atom stereocenters. The van der Waals surface area contributed by atoms with Crippen LogP contribution < -0.4 is 5.73 Å². The second-order valence-corrected chi connectivity index (χ2v) is 4.75. The van der Waals surface area contributed by atoms with Crippen LogP contribution in [0.1, 0.15) is 46.0 Å². The smallest absolute Gasteiger partial charge is 0.0167 e. The van der Waals surface area contributed by atoms with Crippen LogP contribution >= 0.6 is 0 Å². The molecule has 1 saturated heterocycles. The molecule has 14 heavy (non-hydrogen) atoms. The van der Waals surface area contributed by atoms with Crippen LogP contribution in [0.25, 0.3) is 0 Å². The van der Waals surface area contributed by atoms with Gasteiger partial charge in [0.25, 0.3) is 0 Å². The maximum Gasteiger partial charge on any atom is 0.0167 e. The Morgan fingerprint density at radius 3 is 2.79 bits per heavy atom. The molecule has 0 aliphatic carbocycles. The van der Waals surface area contributed by atoms with Crippen molar-refractivity contribution in [1.82, 2.24) is 4.90 Å². The number of hydrogen-bond donors (Lipinski definition) is 1. The quantitative estimate of drug-likeness (QED) is 0.709. The maximum atomic E-state index is 6.04. The third kappa shape index (κ3) is 3.97. The van der Waals surface area contributed by atoms with Gasteiger partial charge in [-0.15, -0.1) is 0 Å². The zero-order valence-electron chi connectivity index (χ0n) is 9.84. The van der Waals surface area contributed by atoms with Gasteiger partial charge < -0.3 is 10.6 Å². The van der Waals surface area contributed by atoms with Gasteiger partial charge in [0.15, 0.2) is 0 Å². The Kier molecular flexibility index (Phi) is 5.49. The van der Waals surface area contributed by atoms with Gasteiger partial charge in [-0.25, -0.2) is 0 Å². The highest BCUT2D eigenvalue weighted by Crippen LogP contribution is 2.20. The standard InChI is InChI=1S/C12H26N2/c1-3-5-11-7-8-14(9-11)10-12(13)6-4-2/h11-12H,3-10,13H2,1-2H3. The number of nitrogens with two attached hydrogens (primary N) is 1. The molecule has 0 aromatic rings. The van der Waals surface area contributed by atoms with Crippen molar-refractivity contribution in [3.63, 3.8) is 0 Å². The minimum Gasteiger partial charge on any atom is -0.327 e. The summed E-state index contributed by atoms with van der Waals surface area (Å²) in [5, 5.41) is 0. The Balaban J connectivity index is 2.15. The molecule has 1 aliphatic heterocycles. The summed E-state index contributed by atoms with van der Waals surface area (Å²) in [6.45, 7) is 8.19. The molecule has 84 valence electrons. The molecule has 0 radical (unpaired) electrons. The van der Waals surface area contributed by atoms with Gasteiger partial charge in [0.2, 0.25) is 0 Å². The van der Waals surface area contributed by atoms with Crippen molar-refractivity contribution >= 4 is 0 Å². The summed E-state index contributed by atoms with van der Waals surface area (Å²) in [4.78, 5) is 2.56. The Morgan fingerprint density at radius 2 is 2.14 bits per heavy atom. The molecule has 0 aromatic carbocycles. The average molecular weight is 198 g/mol. The Hall–Kier alpha value is -0.0800. The van der Waals surface area contributed by atoms with Crippen molar-refractivity contribution in [2.45, 2.75) is 52.0 Å². The summed E-state index contributed by atoms with van der Waals surface area (Å²) in [5.74, 6) is 0.953. The molecule has 0 spiro atoms. The molecule has 2 atom stereocenters. The van der Waals surface area contributed by atoms with E-state index in [2.05, 4.69) is 18.7 Å². The largest absolute Gasteiger partial charge is 0.327 e. The fourth-order valence-corrected chi connectivity index (χ4v) is 2.52. The number of rotatable bonds is 6. The van der Waals surface area contributed by atoms with Crippen LogP contribution in [-0.2, 0) is 0 Å². The number of likely N-dealkylation sites (tertiary alicyclic amines) is 1. The molecule has 2 heteroatoms. The summed E-state index contributed by atoms with van der Waals surface area (Å²) in [6, 6.07) is 0.403. The highest BCUT2D eigenvalue weighted by atomic mass is 15.2. The number of hydrogen-bond acceptors (Lipinski definition) is 2. The van der Waals surface area contributed by atoms with Crippen LogP contribution in [0.3, 0.4) is 0 Å². The lowest BCUT2D eigenvalue weighted by Crippen LogP contribution is -2.36. The van der Waals surface area contributed by atoms with E-state index < -0.39 is 0 Å². The summed E-state index contributed by atoms with van der Waals surface area (Å²) in [6.07, 6.45) is 6.52. The minimum atomic E-state index is 0.403. The second-order valence-electron chi connectivity index (χ2n) is 4.75. The zero-order valence-corrected chi connectivity index (χ0v) is 9.84. The molecule has 2 N–H and O–H groups in total. The fraction of sp³-hybridized carbons (Fsp3) is 1.00. The van der Waals surface area contributed by atoms with E-state index in [9.17, 15) is 0 Å². The van der Waals surface area contributed by atoms with Gasteiger partial charge in [0, 0.05) is 19.1 Å². The highest BCUT2D eigenvalue weighted by molar-refractivity contribution is 4.78. The van der Waals surface area contributed by atoms with E-state index in [0.717, 1.165) is 12.5 Å². The first-order valence-corrected chi connectivity index (χ1v) is 6.24. The van der Waals surface area contributed by atoms with Crippen molar-refractivity contribution < 1.29 is 0 Å². The predicted molar refractivity (Wildman–Crippen MR) is 62.3 cm³/mol. The van der Waals surface area contributed by atoms with Gasteiger partial charge in [-0.3, -0.25) is 0 Å². The Labute approximate surface area is 88.8 Å². The first-order valence-electron chi connectivity index (χ1n) is 6.24. The van der Waals surface area contributed by atoms with Crippen LogP contribution in [0.15, 0.2) is 0 Å². The van der Waals surface area contributed by atoms with Gasteiger partial charge >= 0.3 is 0 Å². The molecule has 0 bridgehead atoms. The fourth-order valence-electron chi connectivity index (χ4n) is 2.52. The van der Waals surface area contributed by atoms with Gasteiger partial charge in [0.1, 0.15) is 0 Å². The summed E-state index contributed by atoms with van der Waals surface area (Å²) >= 11 is 0. The molecule has 0 saturated carbocycles. The van der Waals surface area contributed by atoms with E-state index in [-0.39, 0.29) is 0 Å². The molecule has 0 aromatic heterocycles.